The van der Waals surface area contributed by atoms with Gasteiger partial charge in [0.05, 0.1) is 11.3 Å². The minimum Gasteiger partial charge on any atom is -0.328 e. The highest BCUT2D eigenvalue weighted by atomic mass is 19.4. The summed E-state index contributed by atoms with van der Waals surface area (Å²) in [5.74, 6) is -0.607. The number of hydrogen-bond acceptors (Lipinski definition) is 2. The number of alkyl halides is 3. The van der Waals surface area contributed by atoms with Gasteiger partial charge in [0.2, 0.25) is 5.91 Å². The summed E-state index contributed by atoms with van der Waals surface area (Å²) in [4.78, 5) is 12.0. The Hall–Kier alpha value is -1.56. The second kappa shape index (κ2) is 5.83. The predicted octanol–water partition coefficient (Wildman–Crippen LogP) is 3.16. The van der Waals surface area contributed by atoms with E-state index in [1.807, 2.05) is 0 Å². The zero-order valence-electron chi connectivity index (χ0n) is 10.9. The summed E-state index contributed by atoms with van der Waals surface area (Å²) in [6.07, 6.45) is -1.75. The Labute approximate surface area is 115 Å². The maximum absolute atomic E-state index is 12.8. The van der Waals surface area contributed by atoms with Crippen molar-refractivity contribution < 1.29 is 18.0 Å². The van der Waals surface area contributed by atoms with E-state index < -0.39 is 11.7 Å². The Morgan fingerprint density at radius 1 is 1.15 bits per heavy atom. The molecule has 0 atom stereocenters. The number of nitrogens with two attached hydrogens (primary N) is 1. The van der Waals surface area contributed by atoms with Gasteiger partial charge in [-0.15, -0.1) is 0 Å². The van der Waals surface area contributed by atoms with Crippen LogP contribution in [-0.4, -0.2) is 11.9 Å². The van der Waals surface area contributed by atoms with Crippen LogP contribution < -0.4 is 11.1 Å². The molecule has 20 heavy (non-hydrogen) atoms. The topological polar surface area (TPSA) is 55.1 Å². The van der Waals surface area contributed by atoms with E-state index >= 15 is 0 Å². The largest absolute Gasteiger partial charge is 0.418 e. The van der Waals surface area contributed by atoms with Gasteiger partial charge in [0.1, 0.15) is 0 Å². The molecule has 0 aliphatic heterocycles. The normalized spacial score (nSPS) is 23.4. The molecule has 0 unspecified atom stereocenters. The third kappa shape index (κ3) is 3.50. The van der Waals surface area contributed by atoms with Crippen LogP contribution in [-0.2, 0) is 11.0 Å². The number of hydrogen-bond donors (Lipinski definition) is 2. The van der Waals surface area contributed by atoms with Gasteiger partial charge in [0.15, 0.2) is 0 Å². The van der Waals surface area contributed by atoms with Crippen LogP contribution in [0.25, 0.3) is 0 Å². The van der Waals surface area contributed by atoms with Crippen molar-refractivity contribution in [1.29, 1.82) is 0 Å². The number of rotatable bonds is 2. The number of carbonyl (C=O) groups excluding carboxylic acids is 1. The molecule has 0 saturated heterocycles. The molecule has 1 saturated carbocycles. The van der Waals surface area contributed by atoms with Crippen molar-refractivity contribution in [2.45, 2.75) is 37.9 Å². The summed E-state index contributed by atoms with van der Waals surface area (Å²) in [5, 5.41) is 2.40. The van der Waals surface area contributed by atoms with Crippen LogP contribution >= 0.6 is 0 Å². The van der Waals surface area contributed by atoms with E-state index in [0.717, 1.165) is 18.9 Å². The number of benzene rings is 1. The molecule has 1 amide bonds. The summed E-state index contributed by atoms with van der Waals surface area (Å²) >= 11 is 0. The van der Waals surface area contributed by atoms with Crippen molar-refractivity contribution in [3.63, 3.8) is 0 Å². The number of carbonyl (C=O) groups is 1. The Bertz CT molecular complexity index is 480. The summed E-state index contributed by atoms with van der Waals surface area (Å²) in [7, 11) is 0. The monoisotopic (exact) mass is 286 g/mol. The molecule has 0 spiro atoms. The van der Waals surface area contributed by atoms with Crippen molar-refractivity contribution in [2.24, 2.45) is 11.7 Å². The lowest BCUT2D eigenvalue weighted by molar-refractivity contribution is -0.137. The molecule has 1 aromatic carbocycles. The minimum absolute atomic E-state index is 0.0986. The summed E-state index contributed by atoms with van der Waals surface area (Å²) in [5.41, 5.74) is 4.75. The van der Waals surface area contributed by atoms with Gasteiger partial charge in [0.25, 0.3) is 0 Å². The second-order valence-corrected chi connectivity index (χ2v) is 5.14. The minimum atomic E-state index is -4.47. The van der Waals surface area contributed by atoms with E-state index in [9.17, 15) is 18.0 Å². The fourth-order valence-electron chi connectivity index (χ4n) is 2.46. The number of para-hydroxylation sites is 1. The molecule has 0 radical (unpaired) electrons. The maximum atomic E-state index is 12.8. The van der Waals surface area contributed by atoms with E-state index in [1.165, 1.54) is 18.2 Å². The predicted molar refractivity (Wildman–Crippen MR) is 70.0 cm³/mol. The molecule has 0 heterocycles. The molecule has 1 fully saturated rings. The van der Waals surface area contributed by atoms with Crippen LogP contribution in [0.5, 0.6) is 0 Å². The van der Waals surface area contributed by atoms with Crippen molar-refractivity contribution in [1.82, 2.24) is 0 Å². The van der Waals surface area contributed by atoms with E-state index in [1.54, 1.807) is 0 Å². The lowest BCUT2D eigenvalue weighted by atomic mass is 9.86. The van der Waals surface area contributed by atoms with Gasteiger partial charge >= 0.3 is 6.18 Å². The van der Waals surface area contributed by atoms with Crippen LogP contribution in [0, 0.1) is 5.92 Å². The summed E-state index contributed by atoms with van der Waals surface area (Å²) in [6.45, 7) is 0. The Morgan fingerprint density at radius 2 is 1.75 bits per heavy atom. The zero-order valence-corrected chi connectivity index (χ0v) is 10.9. The molecule has 0 bridgehead atoms. The zero-order chi connectivity index (χ0) is 14.8. The van der Waals surface area contributed by atoms with Gasteiger partial charge in [-0.2, -0.15) is 13.2 Å². The van der Waals surface area contributed by atoms with Crippen molar-refractivity contribution in [3.8, 4) is 0 Å². The molecule has 3 nitrogen and oxygen atoms in total. The first kappa shape index (κ1) is 14.8. The van der Waals surface area contributed by atoms with Crippen LogP contribution in [0.3, 0.4) is 0 Å². The maximum Gasteiger partial charge on any atom is 0.418 e. The van der Waals surface area contributed by atoms with E-state index in [0.29, 0.717) is 12.8 Å². The lowest BCUT2D eigenvalue weighted by Gasteiger charge is -2.25. The van der Waals surface area contributed by atoms with Gasteiger partial charge in [-0.1, -0.05) is 12.1 Å². The van der Waals surface area contributed by atoms with Crippen molar-refractivity contribution in [2.75, 3.05) is 5.32 Å². The highest BCUT2D eigenvalue weighted by Gasteiger charge is 2.34. The van der Waals surface area contributed by atoms with Gasteiger partial charge in [-0.05, 0) is 37.8 Å². The van der Waals surface area contributed by atoms with Crippen LogP contribution in [0.4, 0.5) is 18.9 Å². The quantitative estimate of drug-likeness (QED) is 0.877. The number of anilines is 1. The van der Waals surface area contributed by atoms with E-state index in [4.69, 9.17) is 5.73 Å². The Morgan fingerprint density at radius 3 is 2.35 bits per heavy atom. The molecule has 110 valence electrons. The standard InChI is InChI=1S/C14H17F3N2O/c15-14(16,17)11-3-1-2-4-12(11)19-13(20)9-5-7-10(18)8-6-9/h1-4,9-10H,5-8,18H2,(H,19,20). The van der Waals surface area contributed by atoms with Crippen molar-refractivity contribution >= 4 is 11.6 Å². The highest BCUT2D eigenvalue weighted by Crippen LogP contribution is 2.35. The second-order valence-electron chi connectivity index (χ2n) is 5.14. The number of amides is 1. The molecule has 0 aromatic heterocycles. The van der Waals surface area contributed by atoms with E-state index in [2.05, 4.69) is 5.32 Å². The van der Waals surface area contributed by atoms with E-state index in [-0.39, 0.29) is 23.6 Å². The average Bonchev–Trinajstić information content (AvgIpc) is 2.38. The third-order valence-electron chi connectivity index (χ3n) is 3.63. The van der Waals surface area contributed by atoms with Crippen LogP contribution in [0.2, 0.25) is 0 Å². The molecule has 1 aliphatic rings. The molecule has 3 N–H and O–H groups in total. The highest BCUT2D eigenvalue weighted by molar-refractivity contribution is 5.93. The molecule has 2 rings (SSSR count). The van der Waals surface area contributed by atoms with Crippen molar-refractivity contribution in [3.05, 3.63) is 29.8 Å². The Balaban J connectivity index is 2.08. The van der Waals surface area contributed by atoms with Gasteiger partial charge < -0.3 is 11.1 Å². The SMILES string of the molecule is NC1CCC(C(=O)Nc2ccccc2C(F)(F)F)CC1. The first-order valence-corrected chi connectivity index (χ1v) is 6.60. The molecule has 1 aromatic rings. The molecule has 6 heteroatoms. The van der Waals surface area contributed by atoms with Gasteiger partial charge in [-0.3, -0.25) is 4.79 Å². The molecule has 1 aliphatic carbocycles. The fraction of sp³-hybridized carbons (Fsp3) is 0.500. The van der Waals surface area contributed by atoms with Gasteiger partial charge in [-0.25, -0.2) is 0 Å². The molecular weight excluding hydrogens is 269 g/mol. The van der Waals surface area contributed by atoms with Gasteiger partial charge in [0, 0.05) is 12.0 Å². The fourth-order valence-corrected chi connectivity index (χ4v) is 2.46. The first-order valence-electron chi connectivity index (χ1n) is 6.60. The summed E-state index contributed by atoms with van der Waals surface area (Å²) in [6, 6.07) is 5.11. The van der Waals surface area contributed by atoms with Crippen LogP contribution in [0.15, 0.2) is 24.3 Å². The summed E-state index contributed by atoms with van der Waals surface area (Å²) < 4.78 is 38.5. The molecular formula is C14H17F3N2O. The lowest BCUT2D eigenvalue weighted by Crippen LogP contribution is -2.32. The first-order chi connectivity index (χ1) is 9.38. The smallest absolute Gasteiger partial charge is 0.328 e. The average molecular weight is 286 g/mol. The third-order valence-corrected chi connectivity index (χ3v) is 3.63. The van der Waals surface area contributed by atoms with Crippen LogP contribution in [0.1, 0.15) is 31.2 Å². The Kier molecular flexibility index (Phi) is 4.32. The number of halogens is 3. The number of nitrogens with one attached hydrogen (secondary N) is 1.